The van der Waals surface area contributed by atoms with Crippen LogP contribution in [0.25, 0.3) is 0 Å². The third-order valence-electron chi connectivity index (χ3n) is 2.87. The average Bonchev–Trinajstić information content (AvgIpc) is 2.87. The Morgan fingerprint density at radius 2 is 2.29 bits per heavy atom. The molecular formula is C11H13NS2. The first kappa shape index (κ1) is 10.0. The van der Waals surface area contributed by atoms with Gasteiger partial charge in [-0.15, -0.1) is 11.3 Å². The van der Waals surface area contributed by atoms with Crippen LogP contribution >= 0.6 is 23.6 Å². The van der Waals surface area contributed by atoms with E-state index in [0.717, 1.165) is 0 Å². The van der Waals surface area contributed by atoms with Crippen LogP contribution in [-0.2, 0) is 0 Å². The summed E-state index contributed by atoms with van der Waals surface area (Å²) in [5.74, 6) is 0.698. The van der Waals surface area contributed by atoms with Crippen LogP contribution in [0.1, 0.15) is 36.6 Å². The van der Waals surface area contributed by atoms with Crippen molar-refractivity contribution >= 4 is 28.7 Å². The molecule has 14 heavy (non-hydrogen) atoms. The smallest absolute Gasteiger partial charge is 0.0971 e. The summed E-state index contributed by atoms with van der Waals surface area (Å²) in [5, 5.41) is 4.66. The van der Waals surface area contributed by atoms with Crippen LogP contribution in [0.3, 0.4) is 0 Å². The molecule has 1 saturated carbocycles. The summed E-state index contributed by atoms with van der Waals surface area (Å²) in [6, 6.07) is 4.53. The van der Waals surface area contributed by atoms with Crippen molar-refractivity contribution in [3.8, 4) is 0 Å². The van der Waals surface area contributed by atoms with Gasteiger partial charge < -0.3 is 0 Å². The first-order valence-corrected chi connectivity index (χ1v) is 6.31. The average molecular weight is 223 g/mol. The van der Waals surface area contributed by atoms with Crippen LogP contribution in [0.5, 0.6) is 0 Å². The molecule has 1 unspecified atom stereocenters. The van der Waals surface area contributed by atoms with E-state index >= 15 is 0 Å². The van der Waals surface area contributed by atoms with Gasteiger partial charge in [0.25, 0.3) is 0 Å². The molecule has 0 radical (unpaired) electrons. The fourth-order valence-electron chi connectivity index (χ4n) is 2.19. The van der Waals surface area contributed by atoms with E-state index in [4.69, 9.17) is 12.2 Å². The fraction of sp³-hybridized carbons (Fsp3) is 0.545. The largest absolute Gasteiger partial charge is 0.223 e. The number of thiocarbonyl (C=S) groups is 1. The molecule has 3 heteroatoms. The van der Waals surface area contributed by atoms with Crippen LogP contribution in [-0.4, -0.2) is 5.16 Å². The second kappa shape index (κ2) is 4.83. The highest BCUT2D eigenvalue weighted by atomic mass is 32.1. The lowest BCUT2D eigenvalue weighted by molar-refractivity contribution is 0.454. The van der Waals surface area contributed by atoms with Crippen molar-refractivity contribution in [3.05, 3.63) is 22.4 Å². The lowest BCUT2D eigenvalue weighted by Crippen LogP contribution is -2.05. The Morgan fingerprint density at radius 1 is 1.50 bits per heavy atom. The van der Waals surface area contributed by atoms with E-state index in [9.17, 15) is 0 Å². The molecule has 0 N–H and O–H groups in total. The van der Waals surface area contributed by atoms with Crippen LogP contribution in [0.4, 0.5) is 0 Å². The molecule has 1 atom stereocenters. The zero-order chi connectivity index (χ0) is 9.80. The van der Waals surface area contributed by atoms with Gasteiger partial charge in [0, 0.05) is 4.88 Å². The van der Waals surface area contributed by atoms with Gasteiger partial charge in [0.1, 0.15) is 0 Å². The summed E-state index contributed by atoms with van der Waals surface area (Å²) in [7, 11) is 0. The second-order valence-corrected chi connectivity index (χ2v) is 4.89. The minimum atomic E-state index is 0.287. The van der Waals surface area contributed by atoms with Gasteiger partial charge in [0.15, 0.2) is 0 Å². The number of hydrogen-bond acceptors (Lipinski definition) is 3. The van der Waals surface area contributed by atoms with Crippen molar-refractivity contribution in [2.24, 2.45) is 10.9 Å². The fourth-order valence-corrected chi connectivity index (χ4v) is 3.16. The second-order valence-electron chi connectivity index (χ2n) is 3.73. The van der Waals surface area contributed by atoms with Crippen LogP contribution < -0.4 is 0 Å². The van der Waals surface area contributed by atoms with Crippen molar-refractivity contribution in [2.45, 2.75) is 31.7 Å². The maximum Gasteiger partial charge on any atom is 0.0971 e. The minimum Gasteiger partial charge on any atom is -0.223 e. The Kier molecular flexibility index (Phi) is 3.46. The Hall–Kier alpha value is -0.500. The summed E-state index contributed by atoms with van der Waals surface area (Å²) in [5.41, 5.74) is 0. The predicted molar refractivity (Wildman–Crippen MR) is 64.0 cm³/mol. The molecule has 1 fully saturated rings. The monoisotopic (exact) mass is 223 g/mol. The molecule has 1 aliphatic rings. The summed E-state index contributed by atoms with van der Waals surface area (Å²) in [4.78, 5) is 5.67. The maximum atomic E-state index is 4.73. The van der Waals surface area contributed by atoms with Crippen LogP contribution in [0, 0.1) is 5.92 Å². The van der Waals surface area contributed by atoms with Crippen molar-refractivity contribution in [1.29, 1.82) is 0 Å². The van der Waals surface area contributed by atoms with Gasteiger partial charge in [-0.1, -0.05) is 18.9 Å². The molecule has 0 bridgehead atoms. The molecular weight excluding hydrogens is 210 g/mol. The Morgan fingerprint density at radius 3 is 2.86 bits per heavy atom. The topological polar surface area (TPSA) is 12.4 Å². The van der Waals surface area contributed by atoms with E-state index < -0.39 is 0 Å². The van der Waals surface area contributed by atoms with E-state index in [0.29, 0.717) is 5.92 Å². The van der Waals surface area contributed by atoms with Crippen molar-refractivity contribution < 1.29 is 0 Å². The third-order valence-corrected chi connectivity index (χ3v) is 3.92. The SMILES string of the molecule is S=C=NC(c1cccs1)C1CCCC1. The molecule has 0 saturated heterocycles. The van der Waals surface area contributed by atoms with E-state index in [-0.39, 0.29) is 6.04 Å². The lowest BCUT2D eigenvalue weighted by Gasteiger charge is -2.16. The van der Waals surface area contributed by atoms with E-state index in [2.05, 4.69) is 27.7 Å². The van der Waals surface area contributed by atoms with Gasteiger partial charge in [0.2, 0.25) is 0 Å². The van der Waals surface area contributed by atoms with Gasteiger partial charge in [0.05, 0.1) is 11.2 Å². The van der Waals surface area contributed by atoms with Crippen LogP contribution in [0.15, 0.2) is 22.5 Å². The molecule has 74 valence electrons. The van der Waals surface area contributed by atoms with Gasteiger partial charge in [-0.3, -0.25) is 0 Å². The highest BCUT2D eigenvalue weighted by Gasteiger charge is 2.26. The molecule has 0 amide bonds. The first-order chi connectivity index (χ1) is 6.92. The highest BCUT2D eigenvalue weighted by molar-refractivity contribution is 7.78. The molecule has 0 aromatic carbocycles. The number of nitrogens with zero attached hydrogens (tertiary/aromatic N) is 1. The van der Waals surface area contributed by atoms with Gasteiger partial charge in [-0.2, -0.15) is 0 Å². The van der Waals surface area contributed by atoms with E-state index in [1.807, 2.05) is 0 Å². The molecule has 1 heterocycles. The number of thiophene rings is 1. The van der Waals surface area contributed by atoms with Gasteiger partial charge in [-0.25, -0.2) is 4.99 Å². The summed E-state index contributed by atoms with van der Waals surface area (Å²) in [6.07, 6.45) is 5.28. The van der Waals surface area contributed by atoms with Crippen molar-refractivity contribution in [1.82, 2.24) is 0 Å². The van der Waals surface area contributed by atoms with Crippen molar-refractivity contribution in [2.75, 3.05) is 0 Å². The lowest BCUT2D eigenvalue weighted by atomic mass is 9.97. The van der Waals surface area contributed by atoms with Gasteiger partial charge in [-0.05, 0) is 42.4 Å². The maximum absolute atomic E-state index is 4.73. The quantitative estimate of drug-likeness (QED) is 0.555. The number of isothiocyanates is 1. The Labute approximate surface area is 93.9 Å². The Bertz CT molecular complexity index is 319. The number of rotatable bonds is 3. The zero-order valence-corrected chi connectivity index (χ0v) is 9.61. The number of aliphatic imine (C=N–C) groups is 1. The molecule has 1 aromatic heterocycles. The van der Waals surface area contributed by atoms with E-state index in [1.54, 1.807) is 11.3 Å². The van der Waals surface area contributed by atoms with E-state index in [1.165, 1.54) is 30.6 Å². The normalized spacial score (nSPS) is 19.1. The molecule has 1 aromatic rings. The summed E-state index contributed by atoms with van der Waals surface area (Å²) >= 11 is 6.50. The molecule has 1 aliphatic carbocycles. The van der Waals surface area contributed by atoms with Gasteiger partial charge >= 0.3 is 0 Å². The molecule has 1 nitrogen and oxygen atoms in total. The first-order valence-electron chi connectivity index (χ1n) is 5.02. The van der Waals surface area contributed by atoms with Crippen LogP contribution in [0.2, 0.25) is 0 Å². The Balaban J connectivity index is 2.19. The standard InChI is InChI=1S/C11H13NS2/c13-8-12-11(9-4-1-2-5-9)10-6-3-7-14-10/h3,6-7,9,11H,1-2,4-5H2. The number of hydrogen-bond donors (Lipinski definition) is 0. The predicted octanol–water partition coefficient (Wildman–Crippen LogP) is 4.08. The third kappa shape index (κ3) is 2.11. The molecule has 2 rings (SSSR count). The minimum absolute atomic E-state index is 0.287. The summed E-state index contributed by atoms with van der Waals surface area (Å²) < 4.78 is 0. The summed E-state index contributed by atoms with van der Waals surface area (Å²) in [6.45, 7) is 0. The molecule has 0 spiro atoms. The molecule has 0 aliphatic heterocycles. The highest BCUT2D eigenvalue weighted by Crippen LogP contribution is 2.39. The zero-order valence-electron chi connectivity index (χ0n) is 7.98. The van der Waals surface area contributed by atoms with Crippen molar-refractivity contribution in [3.63, 3.8) is 0 Å².